The van der Waals surface area contributed by atoms with E-state index in [4.69, 9.17) is 0 Å². The van der Waals surface area contributed by atoms with Gasteiger partial charge in [0, 0.05) is 24.3 Å². The minimum atomic E-state index is -0.981. The van der Waals surface area contributed by atoms with Gasteiger partial charge in [0.05, 0.1) is 11.3 Å². The fourth-order valence-corrected chi connectivity index (χ4v) is 3.50. The fraction of sp³-hybridized carbons (Fsp3) is 0.333. The molecular weight excluding hydrogens is 328 g/mol. The van der Waals surface area contributed by atoms with Crippen LogP contribution in [-0.4, -0.2) is 30.1 Å². The van der Waals surface area contributed by atoms with Gasteiger partial charge in [0.1, 0.15) is 0 Å². The molecule has 2 aromatic rings. The van der Waals surface area contributed by atoms with Crippen LogP contribution in [0.4, 0.5) is 11.4 Å². The molecule has 5 nitrogen and oxygen atoms in total. The lowest BCUT2D eigenvalue weighted by molar-refractivity contribution is 0.0697. The van der Waals surface area contributed by atoms with Gasteiger partial charge in [-0.1, -0.05) is 25.1 Å². The maximum absolute atomic E-state index is 12.5. The summed E-state index contributed by atoms with van der Waals surface area (Å²) in [6.45, 7) is 5.77. The van der Waals surface area contributed by atoms with E-state index in [0.717, 1.165) is 30.8 Å². The quantitative estimate of drug-likeness (QED) is 0.866. The normalized spacial score (nSPS) is 17.0. The van der Waals surface area contributed by atoms with Crippen molar-refractivity contribution in [3.05, 3.63) is 59.2 Å². The van der Waals surface area contributed by atoms with Crippen LogP contribution in [0.1, 0.15) is 46.0 Å². The highest BCUT2D eigenvalue weighted by Gasteiger charge is 2.22. The minimum Gasteiger partial charge on any atom is -0.478 e. The number of nitrogens with one attached hydrogen (secondary N) is 1. The van der Waals surface area contributed by atoms with Gasteiger partial charge < -0.3 is 15.3 Å². The third-order valence-corrected chi connectivity index (χ3v) is 4.87. The third kappa shape index (κ3) is 3.87. The number of carbonyl (C=O) groups is 2. The van der Waals surface area contributed by atoms with Crippen LogP contribution in [-0.2, 0) is 0 Å². The Kier molecular flexibility index (Phi) is 5.26. The van der Waals surface area contributed by atoms with Crippen LogP contribution in [0, 0.1) is 12.8 Å². The van der Waals surface area contributed by atoms with Crippen LogP contribution < -0.4 is 10.2 Å². The van der Waals surface area contributed by atoms with E-state index in [1.165, 1.54) is 6.42 Å². The standard InChI is InChI=1S/C21H24N2O3/c1-14-6-5-11-23(13-14)19-10-9-16(12-18(19)21(25)26)22-20(24)17-8-4-3-7-15(17)2/h3-4,7-10,12,14H,5-6,11,13H2,1-2H3,(H,22,24)(H,25,26)/t14-/m1/s1. The number of aryl methyl sites for hydroxylation is 1. The molecule has 2 N–H and O–H groups in total. The molecule has 0 unspecified atom stereocenters. The highest BCUT2D eigenvalue weighted by molar-refractivity contribution is 6.06. The van der Waals surface area contributed by atoms with E-state index in [-0.39, 0.29) is 11.5 Å². The monoisotopic (exact) mass is 352 g/mol. The van der Waals surface area contributed by atoms with Crippen LogP contribution in [0.15, 0.2) is 42.5 Å². The second kappa shape index (κ2) is 7.60. The molecule has 0 bridgehead atoms. The molecule has 2 aromatic carbocycles. The molecule has 3 rings (SSSR count). The number of nitrogens with zero attached hydrogens (tertiary/aromatic N) is 1. The number of hydrogen-bond donors (Lipinski definition) is 2. The lowest BCUT2D eigenvalue weighted by atomic mass is 9.98. The van der Waals surface area contributed by atoms with Gasteiger partial charge in [0.25, 0.3) is 5.91 Å². The number of aromatic carboxylic acids is 1. The van der Waals surface area contributed by atoms with Crippen molar-refractivity contribution in [3.8, 4) is 0 Å². The lowest BCUT2D eigenvalue weighted by Crippen LogP contribution is -2.35. The Morgan fingerprint density at radius 1 is 1.15 bits per heavy atom. The average Bonchev–Trinajstić information content (AvgIpc) is 2.62. The van der Waals surface area contributed by atoms with E-state index in [0.29, 0.717) is 17.2 Å². The Balaban J connectivity index is 1.86. The van der Waals surface area contributed by atoms with Crippen LogP contribution in [0.25, 0.3) is 0 Å². The first-order chi connectivity index (χ1) is 12.5. The van der Waals surface area contributed by atoms with Crippen molar-refractivity contribution in [2.24, 2.45) is 5.92 Å². The molecule has 1 aliphatic rings. The number of piperidine rings is 1. The number of hydrogen-bond acceptors (Lipinski definition) is 3. The van der Waals surface area contributed by atoms with Crippen molar-refractivity contribution >= 4 is 23.3 Å². The Morgan fingerprint density at radius 3 is 2.62 bits per heavy atom. The van der Waals surface area contributed by atoms with E-state index >= 15 is 0 Å². The summed E-state index contributed by atoms with van der Waals surface area (Å²) in [5, 5.41) is 12.5. The number of carboxylic acids is 1. The molecule has 1 aliphatic heterocycles. The SMILES string of the molecule is Cc1ccccc1C(=O)Nc1ccc(N2CCC[C@@H](C)C2)c(C(=O)O)c1. The van der Waals surface area contributed by atoms with Crippen LogP contribution in [0.5, 0.6) is 0 Å². The summed E-state index contributed by atoms with van der Waals surface area (Å²) < 4.78 is 0. The van der Waals surface area contributed by atoms with Gasteiger partial charge in [0.2, 0.25) is 0 Å². The van der Waals surface area contributed by atoms with Crippen molar-refractivity contribution in [2.45, 2.75) is 26.7 Å². The molecule has 0 radical (unpaired) electrons. The van der Waals surface area contributed by atoms with Crippen molar-refractivity contribution in [1.29, 1.82) is 0 Å². The van der Waals surface area contributed by atoms with Gasteiger partial charge in [-0.3, -0.25) is 4.79 Å². The summed E-state index contributed by atoms with van der Waals surface area (Å²) in [6, 6.07) is 12.4. The highest BCUT2D eigenvalue weighted by Crippen LogP contribution is 2.29. The van der Waals surface area contributed by atoms with Gasteiger partial charge in [0.15, 0.2) is 0 Å². The van der Waals surface area contributed by atoms with E-state index < -0.39 is 5.97 Å². The zero-order valence-corrected chi connectivity index (χ0v) is 15.2. The van der Waals surface area contributed by atoms with Crippen LogP contribution in [0.2, 0.25) is 0 Å². The second-order valence-electron chi connectivity index (χ2n) is 7.00. The predicted molar refractivity (Wildman–Crippen MR) is 103 cm³/mol. The first-order valence-corrected chi connectivity index (χ1v) is 8.95. The van der Waals surface area contributed by atoms with E-state index in [1.807, 2.05) is 25.1 Å². The Labute approximate surface area is 153 Å². The van der Waals surface area contributed by atoms with Gasteiger partial charge >= 0.3 is 5.97 Å². The Bertz CT molecular complexity index is 832. The zero-order valence-electron chi connectivity index (χ0n) is 15.2. The second-order valence-corrected chi connectivity index (χ2v) is 7.00. The first kappa shape index (κ1) is 18.0. The molecule has 1 heterocycles. The maximum atomic E-state index is 12.5. The van der Waals surface area contributed by atoms with Gasteiger partial charge in [-0.25, -0.2) is 4.79 Å². The van der Waals surface area contributed by atoms with Crippen molar-refractivity contribution < 1.29 is 14.7 Å². The van der Waals surface area contributed by atoms with Crippen molar-refractivity contribution in [3.63, 3.8) is 0 Å². The summed E-state index contributed by atoms with van der Waals surface area (Å²) in [4.78, 5) is 26.4. The van der Waals surface area contributed by atoms with Crippen LogP contribution >= 0.6 is 0 Å². The molecule has 5 heteroatoms. The molecule has 1 saturated heterocycles. The minimum absolute atomic E-state index is 0.224. The first-order valence-electron chi connectivity index (χ1n) is 8.95. The summed E-state index contributed by atoms with van der Waals surface area (Å²) in [6.07, 6.45) is 2.23. The molecule has 0 spiro atoms. The average molecular weight is 352 g/mol. The smallest absolute Gasteiger partial charge is 0.337 e. The molecule has 1 fully saturated rings. The number of rotatable bonds is 4. The van der Waals surface area contributed by atoms with Crippen molar-refractivity contribution in [2.75, 3.05) is 23.3 Å². The molecule has 136 valence electrons. The Morgan fingerprint density at radius 2 is 1.92 bits per heavy atom. The summed E-state index contributed by atoms with van der Waals surface area (Å²) in [7, 11) is 0. The predicted octanol–water partition coefficient (Wildman–Crippen LogP) is 4.18. The van der Waals surface area contributed by atoms with Crippen molar-refractivity contribution in [1.82, 2.24) is 0 Å². The van der Waals surface area contributed by atoms with E-state index in [1.54, 1.807) is 24.3 Å². The molecule has 0 aromatic heterocycles. The highest BCUT2D eigenvalue weighted by atomic mass is 16.4. The molecule has 0 aliphatic carbocycles. The Hall–Kier alpha value is -2.82. The van der Waals surface area contributed by atoms with E-state index in [9.17, 15) is 14.7 Å². The largest absolute Gasteiger partial charge is 0.478 e. The summed E-state index contributed by atoms with van der Waals surface area (Å²) >= 11 is 0. The molecule has 0 saturated carbocycles. The maximum Gasteiger partial charge on any atom is 0.337 e. The number of benzene rings is 2. The number of anilines is 2. The zero-order chi connectivity index (χ0) is 18.7. The lowest BCUT2D eigenvalue weighted by Gasteiger charge is -2.33. The number of carbonyl (C=O) groups excluding carboxylic acids is 1. The topological polar surface area (TPSA) is 69.6 Å². The van der Waals surface area contributed by atoms with Gasteiger partial charge in [-0.05, 0) is 55.5 Å². The van der Waals surface area contributed by atoms with Gasteiger partial charge in [-0.15, -0.1) is 0 Å². The summed E-state index contributed by atoms with van der Waals surface area (Å²) in [5.41, 5.74) is 2.89. The van der Waals surface area contributed by atoms with Gasteiger partial charge in [-0.2, -0.15) is 0 Å². The fourth-order valence-electron chi connectivity index (χ4n) is 3.50. The summed E-state index contributed by atoms with van der Waals surface area (Å²) in [5.74, 6) is -0.671. The van der Waals surface area contributed by atoms with E-state index in [2.05, 4.69) is 17.1 Å². The van der Waals surface area contributed by atoms with Crippen LogP contribution in [0.3, 0.4) is 0 Å². The molecule has 1 atom stereocenters. The number of carboxylic acid groups (broad SMARTS) is 1. The third-order valence-electron chi connectivity index (χ3n) is 4.87. The molecule has 1 amide bonds. The molecular formula is C21H24N2O3. The number of amides is 1. The molecule has 26 heavy (non-hydrogen) atoms.